The third kappa shape index (κ3) is 9.64. The highest BCUT2D eigenvalue weighted by atomic mass is 35.5. The first kappa shape index (κ1) is 34.7. The second kappa shape index (κ2) is 16.9. The summed E-state index contributed by atoms with van der Waals surface area (Å²) < 4.78 is 9.51. The number of aryl methyl sites for hydroxylation is 4. The first-order valence-corrected chi connectivity index (χ1v) is 16.7. The fraction of sp³-hybridized carbons (Fsp3) is 0.500. The van der Waals surface area contributed by atoms with Gasteiger partial charge in [0.2, 0.25) is 0 Å². The van der Waals surface area contributed by atoms with Crippen LogP contribution >= 0.6 is 34.8 Å². The largest absolute Gasteiger partial charge is 0.481 e. The quantitative estimate of drug-likeness (QED) is 0.0900. The van der Waals surface area contributed by atoms with Crippen molar-refractivity contribution in [1.29, 1.82) is 0 Å². The molecule has 0 aliphatic carbocycles. The van der Waals surface area contributed by atoms with Crippen LogP contribution in [0.5, 0.6) is 0 Å². The van der Waals surface area contributed by atoms with Crippen molar-refractivity contribution in [3.63, 3.8) is 0 Å². The van der Waals surface area contributed by atoms with Crippen LogP contribution in [0.3, 0.4) is 0 Å². The summed E-state index contributed by atoms with van der Waals surface area (Å²) in [5.74, 6) is 1.77. The molecule has 1 unspecified atom stereocenters. The van der Waals surface area contributed by atoms with Gasteiger partial charge in [0, 0.05) is 82.5 Å². The van der Waals surface area contributed by atoms with E-state index >= 15 is 0 Å². The molecule has 0 fully saturated rings. The van der Waals surface area contributed by atoms with Crippen LogP contribution < -0.4 is 10.2 Å². The van der Waals surface area contributed by atoms with Gasteiger partial charge >= 0.3 is 11.9 Å². The van der Waals surface area contributed by atoms with Crippen LogP contribution in [0.1, 0.15) is 43.8 Å². The predicted octanol–water partition coefficient (Wildman–Crippen LogP) is 6.13. The fourth-order valence-corrected chi connectivity index (χ4v) is 5.88. The first-order valence-electron chi connectivity index (χ1n) is 15.2. The number of imidazole rings is 2. The van der Waals surface area contributed by atoms with Crippen molar-refractivity contribution in [3.05, 3.63) is 48.0 Å². The topological polar surface area (TPSA) is 115 Å². The molecular weight excluding hydrogens is 639 g/mol. The third-order valence-corrected chi connectivity index (χ3v) is 8.51. The van der Waals surface area contributed by atoms with E-state index in [4.69, 9.17) is 49.6 Å². The van der Waals surface area contributed by atoms with Crippen molar-refractivity contribution in [2.24, 2.45) is 14.1 Å². The van der Waals surface area contributed by atoms with E-state index in [-0.39, 0.29) is 24.4 Å². The first-order chi connectivity index (χ1) is 21.7. The Morgan fingerprint density at radius 2 is 1.53 bits per heavy atom. The monoisotopic (exact) mass is 678 g/mol. The molecule has 4 rings (SSSR count). The van der Waals surface area contributed by atoms with Crippen LogP contribution in [-0.2, 0) is 41.3 Å². The molecule has 13 heteroatoms. The van der Waals surface area contributed by atoms with Crippen LogP contribution in [0, 0.1) is 0 Å². The molecule has 2 heterocycles. The lowest BCUT2D eigenvalue weighted by atomic mass is 10.2. The molecule has 0 radical (unpaired) electrons. The lowest BCUT2D eigenvalue weighted by Gasteiger charge is -2.22. The van der Waals surface area contributed by atoms with Gasteiger partial charge in [0.25, 0.3) is 0 Å². The summed E-state index contributed by atoms with van der Waals surface area (Å²) >= 11 is 18.4. The predicted molar refractivity (Wildman–Crippen MR) is 182 cm³/mol. The number of ether oxygens (including phenoxy) is 1. The number of carboxylic acid groups (broad SMARTS) is 1. The number of esters is 1. The maximum Gasteiger partial charge on any atom is 0.305 e. The summed E-state index contributed by atoms with van der Waals surface area (Å²) in [4.78, 5) is 34.8. The van der Waals surface area contributed by atoms with Crippen molar-refractivity contribution in [3.8, 4) is 0 Å². The minimum Gasteiger partial charge on any atom is -0.481 e. The van der Waals surface area contributed by atoms with Crippen molar-refractivity contribution < 1.29 is 19.4 Å². The van der Waals surface area contributed by atoms with Crippen LogP contribution in [0.15, 0.2) is 36.4 Å². The number of carbonyl (C=O) groups excluding carboxylic acids is 1. The Kier molecular flexibility index (Phi) is 13.0. The molecule has 0 aliphatic heterocycles. The van der Waals surface area contributed by atoms with Gasteiger partial charge in [-0.05, 0) is 55.7 Å². The molecule has 0 saturated heterocycles. The molecule has 2 N–H and O–H groups in total. The molecule has 244 valence electrons. The number of anilines is 2. The number of hydrogen-bond acceptors (Lipinski definition) is 7. The molecule has 0 spiro atoms. The molecule has 2 aromatic heterocycles. The SMILES string of the molecule is Cn1c(CCCC(=O)O)nc2cc(NCC(Cl)CCOC(=O)CCCc3nc4cc(N(CCCl)CCCl)ccc4n3C)ccc21. The minimum absolute atomic E-state index is 0.123. The molecule has 1 atom stereocenters. The number of aromatic nitrogens is 4. The normalized spacial score (nSPS) is 12.1. The molecule has 45 heavy (non-hydrogen) atoms. The Morgan fingerprint density at radius 1 is 0.933 bits per heavy atom. The molecule has 0 bridgehead atoms. The zero-order chi connectivity index (χ0) is 32.3. The summed E-state index contributed by atoms with van der Waals surface area (Å²) in [7, 11) is 3.93. The van der Waals surface area contributed by atoms with Gasteiger partial charge in [0.15, 0.2) is 0 Å². The van der Waals surface area contributed by atoms with E-state index in [0.29, 0.717) is 69.9 Å². The summed E-state index contributed by atoms with van der Waals surface area (Å²) in [6, 6.07) is 12.1. The fourth-order valence-electron chi connectivity index (χ4n) is 5.31. The summed E-state index contributed by atoms with van der Waals surface area (Å²) in [6.07, 6.45) is 3.40. The second-order valence-corrected chi connectivity index (χ2v) is 12.4. The number of nitrogens with zero attached hydrogens (tertiary/aromatic N) is 5. The van der Waals surface area contributed by atoms with E-state index in [0.717, 1.165) is 45.1 Å². The number of nitrogens with one attached hydrogen (secondary N) is 1. The Bertz CT molecular complexity index is 1580. The van der Waals surface area contributed by atoms with Crippen LogP contribution in [0.2, 0.25) is 0 Å². The van der Waals surface area contributed by atoms with Gasteiger partial charge in [-0.2, -0.15) is 0 Å². The molecule has 0 saturated carbocycles. The lowest BCUT2D eigenvalue weighted by Crippen LogP contribution is -2.27. The molecule has 4 aromatic rings. The van der Waals surface area contributed by atoms with Gasteiger partial charge < -0.3 is 29.2 Å². The van der Waals surface area contributed by atoms with E-state index in [1.54, 1.807) is 0 Å². The summed E-state index contributed by atoms with van der Waals surface area (Å²) in [6.45, 7) is 2.19. The highest BCUT2D eigenvalue weighted by Crippen LogP contribution is 2.24. The average Bonchev–Trinajstić information content (AvgIpc) is 3.50. The third-order valence-electron chi connectivity index (χ3n) is 7.80. The summed E-state index contributed by atoms with van der Waals surface area (Å²) in [5.41, 5.74) is 5.69. The number of halogens is 3. The highest BCUT2D eigenvalue weighted by Gasteiger charge is 2.14. The zero-order valence-corrected chi connectivity index (χ0v) is 28.0. The smallest absolute Gasteiger partial charge is 0.305 e. The number of hydrogen-bond donors (Lipinski definition) is 2. The molecular formula is C32H41Cl3N6O4. The van der Waals surface area contributed by atoms with Crippen LogP contribution in [0.25, 0.3) is 22.1 Å². The Hall–Kier alpha value is -3.21. The van der Waals surface area contributed by atoms with Crippen LogP contribution in [0.4, 0.5) is 11.4 Å². The van der Waals surface area contributed by atoms with Gasteiger partial charge in [-0.25, -0.2) is 9.97 Å². The van der Waals surface area contributed by atoms with Gasteiger partial charge in [0.1, 0.15) is 11.6 Å². The minimum atomic E-state index is -0.801. The Morgan fingerprint density at radius 3 is 2.16 bits per heavy atom. The molecule has 2 aromatic carbocycles. The summed E-state index contributed by atoms with van der Waals surface area (Å²) in [5, 5.41) is 12.0. The number of benzene rings is 2. The lowest BCUT2D eigenvalue weighted by molar-refractivity contribution is -0.143. The van der Waals surface area contributed by atoms with E-state index in [2.05, 4.69) is 38.0 Å². The molecule has 10 nitrogen and oxygen atoms in total. The van der Waals surface area contributed by atoms with E-state index in [1.807, 2.05) is 36.9 Å². The molecule has 0 amide bonds. The Balaban J connectivity index is 1.17. The average molecular weight is 680 g/mol. The Labute approximate surface area is 278 Å². The van der Waals surface area contributed by atoms with Gasteiger partial charge in [-0.3, -0.25) is 9.59 Å². The van der Waals surface area contributed by atoms with Crippen molar-refractivity contribution >= 4 is 80.2 Å². The molecule has 0 aliphatic rings. The van der Waals surface area contributed by atoms with Crippen molar-refractivity contribution in [1.82, 2.24) is 19.1 Å². The van der Waals surface area contributed by atoms with Gasteiger partial charge in [-0.15, -0.1) is 34.8 Å². The van der Waals surface area contributed by atoms with Gasteiger partial charge in [-0.1, -0.05) is 0 Å². The zero-order valence-electron chi connectivity index (χ0n) is 25.8. The van der Waals surface area contributed by atoms with E-state index in [1.165, 1.54) is 0 Å². The van der Waals surface area contributed by atoms with Crippen molar-refractivity contribution in [2.75, 3.05) is 48.2 Å². The maximum atomic E-state index is 12.4. The second-order valence-electron chi connectivity index (χ2n) is 11.0. The number of carbonyl (C=O) groups is 2. The number of carboxylic acids is 1. The number of aliphatic carboxylic acids is 1. The maximum absolute atomic E-state index is 12.4. The van der Waals surface area contributed by atoms with Crippen molar-refractivity contribution in [2.45, 2.75) is 50.3 Å². The van der Waals surface area contributed by atoms with E-state index in [9.17, 15) is 9.59 Å². The van der Waals surface area contributed by atoms with Gasteiger partial charge in [0.05, 0.1) is 34.1 Å². The van der Waals surface area contributed by atoms with Crippen LogP contribution in [-0.4, -0.2) is 79.5 Å². The number of alkyl halides is 3. The van der Waals surface area contributed by atoms with E-state index < -0.39 is 5.97 Å². The number of fused-ring (bicyclic) bond motifs is 2. The standard InChI is InChI=1S/C32H41Cl3N6O4/c1-39-27-11-9-23(19-25(27)37-29(39)5-3-7-31(42)43)36-21-22(35)13-18-45-32(44)8-4-6-30-38-26-20-24(10-12-28(26)40(30)2)41(16-14-33)17-15-34/h9-12,19-20,22,36H,3-8,13-18,21H2,1-2H3,(H,42,43). The number of rotatable bonds is 19. The highest BCUT2D eigenvalue weighted by molar-refractivity contribution is 6.21.